The Balaban J connectivity index is 1.82. The predicted molar refractivity (Wildman–Crippen MR) is 106 cm³/mol. The number of ether oxygens (including phenoxy) is 1. The van der Waals surface area contributed by atoms with Gasteiger partial charge in [-0.2, -0.15) is 0 Å². The molecule has 4 aromatic rings. The fraction of sp³-hybridized carbons (Fsp3) is 0.0435. The highest BCUT2D eigenvalue weighted by Gasteiger charge is 2.20. The number of rotatable bonds is 5. The summed E-state index contributed by atoms with van der Waals surface area (Å²) in [6, 6.07) is 20.0. The number of Topliss-reactive ketones (excluding diaryl/α,β-unsaturated/α-hetero) is 1. The van der Waals surface area contributed by atoms with Gasteiger partial charge in [-0.3, -0.25) is 4.79 Å². The van der Waals surface area contributed by atoms with E-state index in [1.54, 1.807) is 55.7 Å². The van der Waals surface area contributed by atoms with Crippen molar-refractivity contribution in [1.29, 1.82) is 0 Å². The van der Waals surface area contributed by atoms with Gasteiger partial charge in [-0.15, -0.1) is 0 Å². The van der Waals surface area contributed by atoms with Crippen LogP contribution in [0.2, 0.25) is 0 Å². The number of methoxy groups -OCH3 is 1. The highest BCUT2D eigenvalue weighted by atomic mass is 19.1. The van der Waals surface area contributed by atoms with Crippen LogP contribution in [-0.4, -0.2) is 17.9 Å². The molecule has 0 saturated carbocycles. The summed E-state index contributed by atoms with van der Waals surface area (Å²) in [4.78, 5) is 17.7. The van der Waals surface area contributed by atoms with Gasteiger partial charge in [0.1, 0.15) is 17.1 Å². The summed E-state index contributed by atoms with van der Waals surface area (Å²) in [5.41, 5.74) is 2.67. The molecule has 138 valence electrons. The Morgan fingerprint density at radius 3 is 2.39 bits per heavy atom. The second-order valence-corrected chi connectivity index (χ2v) is 6.15. The molecule has 1 aromatic heterocycles. The summed E-state index contributed by atoms with van der Waals surface area (Å²) in [6.45, 7) is 0. The van der Waals surface area contributed by atoms with Crippen LogP contribution < -0.4 is 4.74 Å². The van der Waals surface area contributed by atoms with Gasteiger partial charge in [0.25, 0.3) is 0 Å². The van der Waals surface area contributed by atoms with E-state index >= 15 is 0 Å². The Kier molecular flexibility index (Phi) is 4.72. The van der Waals surface area contributed by atoms with Gasteiger partial charge in [0.2, 0.25) is 5.89 Å². The first-order chi connectivity index (χ1) is 13.6. The lowest BCUT2D eigenvalue weighted by Crippen LogP contribution is -2.03. The minimum atomic E-state index is -0.345. The van der Waals surface area contributed by atoms with E-state index in [0.29, 0.717) is 28.0 Å². The van der Waals surface area contributed by atoms with E-state index in [1.807, 2.05) is 18.2 Å². The van der Waals surface area contributed by atoms with Crippen molar-refractivity contribution in [3.63, 3.8) is 0 Å². The number of allylic oxidation sites excluding steroid dienone is 1. The smallest absolute Gasteiger partial charge is 0.231 e. The highest BCUT2D eigenvalue weighted by Crippen LogP contribution is 2.27. The van der Waals surface area contributed by atoms with Gasteiger partial charge in [0.05, 0.1) is 12.7 Å². The van der Waals surface area contributed by atoms with E-state index in [9.17, 15) is 9.18 Å². The molecule has 0 fully saturated rings. The number of fused-ring (bicyclic) bond motifs is 1. The molecule has 3 aromatic carbocycles. The second-order valence-electron chi connectivity index (χ2n) is 6.15. The van der Waals surface area contributed by atoms with Crippen molar-refractivity contribution in [3.8, 4) is 5.75 Å². The highest BCUT2D eigenvalue weighted by molar-refractivity contribution is 6.31. The van der Waals surface area contributed by atoms with Gasteiger partial charge < -0.3 is 9.15 Å². The quantitative estimate of drug-likeness (QED) is 0.347. The standard InChI is InChI=1S/C23H16FNO3/c1-27-18-12-8-16(9-13-18)22(26)19(14-15-6-10-17(24)11-7-15)23-25-20-4-2-3-5-21(20)28-23/h2-14H,1H3/b19-14+. The summed E-state index contributed by atoms with van der Waals surface area (Å²) in [7, 11) is 1.56. The van der Waals surface area contributed by atoms with Crippen LogP contribution in [0.4, 0.5) is 4.39 Å². The monoisotopic (exact) mass is 373 g/mol. The number of halogens is 1. The number of nitrogens with zero attached hydrogens (tertiary/aromatic N) is 1. The molecule has 1 heterocycles. The van der Waals surface area contributed by atoms with Crippen LogP contribution in [0.3, 0.4) is 0 Å². The van der Waals surface area contributed by atoms with Crippen LogP contribution in [0.1, 0.15) is 21.8 Å². The number of hydrogen-bond acceptors (Lipinski definition) is 4. The molecule has 0 aliphatic heterocycles. The first kappa shape index (κ1) is 17.7. The van der Waals surface area contributed by atoms with Crippen LogP contribution >= 0.6 is 0 Å². The molecule has 0 aliphatic rings. The molecule has 0 atom stereocenters. The molecule has 28 heavy (non-hydrogen) atoms. The number of hydrogen-bond donors (Lipinski definition) is 0. The van der Waals surface area contributed by atoms with Gasteiger partial charge in [-0.05, 0) is 60.2 Å². The number of ketones is 1. The number of benzene rings is 3. The van der Waals surface area contributed by atoms with E-state index in [4.69, 9.17) is 9.15 Å². The third-order valence-electron chi connectivity index (χ3n) is 4.30. The predicted octanol–water partition coefficient (Wildman–Crippen LogP) is 5.40. The second kappa shape index (κ2) is 7.48. The van der Waals surface area contributed by atoms with Crippen molar-refractivity contribution in [2.75, 3.05) is 7.11 Å². The van der Waals surface area contributed by atoms with Crippen LogP contribution in [0.15, 0.2) is 77.2 Å². The number of para-hydroxylation sites is 2. The molecule has 0 amide bonds. The zero-order chi connectivity index (χ0) is 19.5. The zero-order valence-corrected chi connectivity index (χ0v) is 15.1. The van der Waals surface area contributed by atoms with E-state index in [2.05, 4.69) is 4.98 Å². The minimum Gasteiger partial charge on any atom is -0.497 e. The van der Waals surface area contributed by atoms with Crippen molar-refractivity contribution in [2.45, 2.75) is 0 Å². The number of carbonyl (C=O) groups is 1. The maximum atomic E-state index is 13.3. The third-order valence-corrected chi connectivity index (χ3v) is 4.30. The zero-order valence-electron chi connectivity index (χ0n) is 15.1. The molecule has 4 nitrogen and oxygen atoms in total. The number of oxazole rings is 1. The van der Waals surface area contributed by atoms with Crippen LogP contribution in [0.5, 0.6) is 5.75 Å². The van der Waals surface area contributed by atoms with Gasteiger partial charge in [-0.1, -0.05) is 24.3 Å². The molecule has 0 N–H and O–H groups in total. The molecule has 0 saturated heterocycles. The summed E-state index contributed by atoms with van der Waals surface area (Å²) in [5, 5.41) is 0. The molecule has 0 aliphatic carbocycles. The van der Waals surface area contributed by atoms with Crippen molar-refractivity contribution < 1.29 is 18.3 Å². The Hall–Kier alpha value is -3.73. The Morgan fingerprint density at radius 2 is 1.71 bits per heavy atom. The number of aromatic nitrogens is 1. The summed E-state index contributed by atoms with van der Waals surface area (Å²) >= 11 is 0. The summed E-state index contributed by atoms with van der Waals surface area (Å²) in [6.07, 6.45) is 1.65. The Bertz CT molecular complexity index is 1130. The molecule has 0 bridgehead atoms. The van der Waals surface area contributed by atoms with Gasteiger partial charge >= 0.3 is 0 Å². The van der Waals surface area contributed by atoms with Crippen LogP contribution in [-0.2, 0) is 0 Å². The molecule has 0 radical (unpaired) electrons. The minimum absolute atomic E-state index is 0.214. The van der Waals surface area contributed by atoms with Crippen molar-refractivity contribution in [1.82, 2.24) is 4.98 Å². The van der Waals surface area contributed by atoms with Crippen molar-refractivity contribution in [2.24, 2.45) is 0 Å². The van der Waals surface area contributed by atoms with Crippen LogP contribution in [0.25, 0.3) is 22.7 Å². The molecule has 5 heteroatoms. The van der Waals surface area contributed by atoms with E-state index in [0.717, 1.165) is 0 Å². The lowest BCUT2D eigenvalue weighted by Gasteiger charge is -2.05. The van der Waals surface area contributed by atoms with Crippen LogP contribution in [0, 0.1) is 5.82 Å². The molecule has 0 spiro atoms. The lowest BCUT2D eigenvalue weighted by molar-refractivity contribution is 0.105. The fourth-order valence-electron chi connectivity index (χ4n) is 2.84. The van der Waals surface area contributed by atoms with Gasteiger partial charge in [0.15, 0.2) is 11.4 Å². The van der Waals surface area contributed by atoms with E-state index < -0.39 is 0 Å². The van der Waals surface area contributed by atoms with Gasteiger partial charge in [0, 0.05) is 5.56 Å². The van der Waals surface area contributed by atoms with E-state index in [-0.39, 0.29) is 23.1 Å². The lowest BCUT2D eigenvalue weighted by atomic mass is 10.0. The Labute approximate surface area is 160 Å². The fourth-order valence-corrected chi connectivity index (χ4v) is 2.84. The molecule has 0 unspecified atom stereocenters. The molecular formula is C23H16FNO3. The summed E-state index contributed by atoms with van der Waals surface area (Å²) in [5.74, 6) is 0.273. The third kappa shape index (κ3) is 3.55. The molecule has 4 rings (SSSR count). The van der Waals surface area contributed by atoms with E-state index in [1.165, 1.54) is 12.1 Å². The maximum Gasteiger partial charge on any atom is 0.231 e. The largest absolute Gasteiger partial charge is 0.497 e. The van der Waals surface area contributed by atoms with Gasteiger partial charge in [-0.25, -0.2) is 9.37 Å². The normalized spacial score (nSPS) is 11.6. The topological polar surface area (TPSA) is 52.3 Å². The van der Waals surface area contributed by atoms with Crippen molar-refractivity contribution >= 4 is 28.5 Å². The average molecular weight is 373 g/mol. The maximum absolute atomic E-state index is 13.3. The number of carbonyl (C=O) groups excluding carboxylic acids is 1. The van der Waals surface area contributed by atoms with Crippen molar-refractivity contribution in [3.05, 3.63) is 95.6 Å². The average Bonchev–Trinajstić information content (AvgIpc) is 3.17. The first-order valence-corrected chi connectivity index (χ1v) is 8.66. The Morgan fingerprint density at radius 1 is 1.00 bits per heavy atom. The first-order valence-electron chi connectivity index (χ1n) is 8.66. The SMILES string of the molecule is COc1ccc(C(=O)/C(=C\c2ccc(F)cc2)c2nc3ccccc3o2)cc1. The molecular weight excluding hydrogens is 357 g/mol. The summed E-state index contributed by atoms with van der Waals surface area (Å²) < 4.78 is 24.2.